The quantitative estimate of drug-likeness (QED) is 0.440. The first-order chi connectivity index (χ1) is 14.7. The smallest absolute Gasteiger partial charge is 0.330 e. The van der Waals surface area contributed by atoms with Crippen molar-refractivity contribution in [2.24, 2.45) is 5.92 Å². The number of para-hydroxylation sites is 1. The number of benzene rings is 1. The molecular formula is C20H20F3N5O2S. The summed E-state index contributed by atoms with van der Waals surface area (Å²) in [6.07, 6.45) is -1.43. The number of H-pyrrole nitrogens is 1. The fourth-order valence-corrected chi connectivity index (χ4v) is 4.17. The molecular weight excluding hydrogens is 431 g/mol. The second-order valence-electron chi connectivity index (χ2n) is 7.50. The third-order valence-corrected chi connectivity index (χ3v) is 6.07. The Bertz CT molecular complexity index is 1140. The lowest BCUT2D eigenvalue weighted by molar-refractivity contribution is -0.164. The van der Waals surface area contributed by atoms with Gasteiger partial charge in [-0.3, -0.25) is 9.59 Å². The Morgan fingerprint density at radius 1 is 1.32 bits per heavy atom. The lowest BCUT2D eigenvalue weighted by Gasteiger charge is -2.30. The van der Waals surface area contributed by atoms with Gasteiger partial charge in [0.25, 0.3) is 5.56 Å². The number of hydrogen-bond donors (Lipinski definition) is 1. The van der Waals surface area contributed by atoms with Crippen LogP contribution >= 0.6 is 11.8 Å². The van der Waals surface area contributed by atoms with E-state index >= 15 is 0 Å². The van der Waals surface area contributed by atoms with Crippen LogP contribution in [0.5, 0.6) is 0 Å². The molecule has 2 aromatic heterocycles. The van der Waals surface area contributed by atoms with Gasteiger partial charge in [0.2, 0.25) is 5.91 Å². The number of amides is 1. The fourth-order valence-electron chi connectivity index (χ4n) is 3.42. The predicted octanol–water partition coefficient (Wildman–Crippen LogP) is 3.39. The third-order valence-electron chi connectivity index (χ3n) is 5.22. The average molecular weight is 451 g/mol. The minimum absolute atomic E-state index is 0.103. The molecule has 1 atom stereocenters. The van der Waals surface area contributed by atoms with Gasteiger partial charge in [-0.05, 0) is 37.8 Å². The second-order valence-corrected chi connectivity index (χ2v) is 8.47. The Kier molecular flexibility index (Phi) is 5.78. The molecule has 31 heavy (non-hydrogen) atoms. The summed E-state index contributed by atoms with van der Waals surface area (Å²) >= 11 is 0.902. The van der Waals surface area contributed by atoms with Crippen LogP contribution in [-0.4, -0.2) is 55.1 Å². The number of fused-ring (bicyclic) bond motifs is 1. The summed E-state index contributed by atoms with van der Waals surface area (Å²) in [5.74, 6) is -0.798. The molecule has 2 heterocycles. The van der Waals surface area contributed by atoms with E-state index in [1.165, 1.54) is 10.9 Å². The zero-order chi connectivity index (χ0) is 22.2. The van der Waals surface area contributed by atoms with Gasteiger partial charge in [0, 0.05) is 6.04 Å². The standard InChI is InChI=1S/C20H20F3N5O2S/c1-12(13-7-8-13)27(11-20(21,22)23)16(29)10-31-19-25-17-15(18(30)26-19)9-24-28(17)14-5-3-2-4-6-14/h2-6,9,12-13H,7-8,10-11H2,1H3,(H,25,26,30)/t12-/m1/s1. The molecule has 4 rings (SSSR count). The molecule has 0 radical (unpaired) electrons. The Balaban J connectivity index is 1.55. The van der Waals surface area contributed by atoms with E-state index < -0.39 is 30.2 Å². The number of carbonyl (C=O) groups excluding carboxylic acids is 1. The van der Waals surface area contributed by atoms with Crippen molar-refractivity contribution in [3.05, 3.63) is 46.9 Å². The molecule has 164 valence electrons. The summed E-state index contributed by atoms with van der Waals surface area (Å²) in [4.78, 5) is 32.9. The molecule has 1 saturated carbocycles. The lowest BCUT2D eigenvalue weighted by Crippen LogP contribution is -2.46. The van der Waals surface area contributed by atoms with Gasteiger partial charge in [-0.15, -0.1) is 0 Å². The van der Waals surface area contributed by atoms with Crippen molar-refractivity contribution in [1.29, 1.82) is 0 Å². The number of halogens is 3. The maximum Gasteiger partial charge on any atom is 0.406 e. The average Bonchev–Trinajstić information content (AvgIpc) is 3.49. The van der Waals surface area contributed by atoms with E-state index in [2.05, 4.69) is 15.1 Å². The Labute approximate surface area is 179 Å². The van der Waals surface area contributed by atoms with Gasteiger partial charge < -0.3 is 9.88 Å². The molecule has 0 saturated heterocycles. The van der Waals surface area contributed by atoms with Crippen molar-refractivity contribution in [3.8, 4) is 5.69 Å². The van der Waals surface area contributed by atoms with Crippen molar-refractivity contribution < 1.29 is 18.0 Å². The number of aromatic nitrogens is 4. The van der Waals surface area contributed by atoms with E-state index in [1.54, 1.807) is 19.1 Å². The van der Waals surface area contributed by atoms with E-state index in [1.807, 2.05) is 18.2 Å². The Hall–Kier alpha value is -2.82. The zero-order valence-corrected chi connectivity index (χ0v) is 17.4. The SMILES string of the molecule is C[C@H](C1CC1)N(CC(F)(F)F)C(=O)CSc1nc2c(cnn2-c2ccccc2)c(=O)[nH]1. The van der Waals surface area contributed by atoms with Gasteiger partial charge in [-0.2, -0.15) is 18.3 Å². The van der Waals surface area contributed by atoms with E-state index in [4.69, 9.17) is 0 Å². The molecule has 7 nitrogen and oxygen atoms in total. The summed E-state index contributed by atoms with van der Waals surface area (Å²) in [5.41, 5.74) is 0.584. The van der Waals surface area contributed by atoms with Crippen LogP contribution in [0.2, 0.25) is 0 Å². The highest BCUT2D eigenvalue weighted by atomic mass is 32.2. The van der Waals surface area contributed by atoms with Crippen molar-refractivity contribution >= 4 is 28.7 Å². The van der Waals surface area contributed by atoms with Crippen LogP contribution in [0.25, 0.3) is 16.7 Å². The lowest BCUT2D eigenvalue weighted by atomic mass is 10.2. The Morgan fingerprint density at radius 2 is 2.03 bits per heavy atom. The topological polar surface area (TPSA) is 83.9 Å². The van der Waals surface area contributed by atoms with Crippen LogP contribution in [0, 0.1) is 5.92 Å². The molecule has 0 unspecified atom stereocenters. The number of carbonyl (C=O) groups is 1. The predicted molar refractivity (Wildman–Crippen MR) is 110 cm³/mol. The summed E-state index contributed by atoms with van der Waals surface area (Å²) in [7, 11) is 0. The van der Waals surface area contributed by atoms with Crippen LogP contribution in [0.15, 0.2) is 46.5 Å². The molecule has 11 heteroatoms. The molecule has 0 aliphatic heterocycles. The highest BCUT2D eigenvalue weighted by Crippen LogP contribution is 2.36. The van der Waals surface area contributed by atoms with Crippen molar-refractivity contribution in [2.45, 2.75) is 37.1 Å². The summed E-state index contributed by atoms with van der Waals surface area (Å²) in [5, 5.41) is 4.63. The molecule has 1 amide bonds. The van der Waals surface area contributed by atoms with Crippen molar-refractivity contribution in [2.75, 3.05) is 12.3 Å². The molecule has 1 aliphatic rings. The maximum atomic E-state index is 13.0. The molecule has 3 aromatic rings. The largest absolute Gasteiger partial charge is 0.406 e. The molecule has 1 aromatic carbocycles. The minimum Gasteiger partial charge on any atom is -0.330 e. The Morgan fingerprint density at radius 3 is 2.68 bits per heavy atom. The van der Waals surface area contributed by atoms with Crippen LogP contribution in [-0.2, 0) is 4.79 Å². The van der Waals surface area contributed by atoms with Crippen LogP contribution in [0.1, 0.15) is 19.8 Å². The zero-order valence-electron chi connectivity index (χ0n) is 16.6. The first-order valence-electron chi connectivity index (χ1n) is 9.75. The van der Waals surface area contributed by atoms with E-state index in [0.717, 1.165) is 29.5 Å². The van der Waals surface area contributed by atoms with Crippen LogP contribution < -0.4 is 5.56 Å². The van der Waals surface area contributed by atoms with Crippen LogP contribution in [0.4, 0.5) is 13.2 Å². The summed E-state index contributed by atoms with van der Waals surface area (Å²) in [6.45, 7) is 0.365. The van der Waals surface area contributed by atoms with Gasteiger partial charge in [0.15, 0.2) is 10.8 Å². The highest BCUT2D eigenvalue weighted by Gasteiger charge is 2.40. The maximum absolute atomic E-state index is 13.0. The van der Waals surface area contributed by atoms with Gasteiger partial charge in [-0.25, -0.2) is 9.67 Å². The summed E-state index contributed by atoms with van der Waals surface area (Å²) in [6, 6.07) is 8.61. The highest BCUT2D eigenvalue weighted by molar-refractivity contribution is 7.99. The van der Waals surface area contributed by atoms with Gasteiger partial charge in [0.05, 0.1) is 17.6 Å². The van der Waals surface area contributed by atoms with E-state index in [-0.39, 0.29) is 22.2 Å². The minimum atomic E-state index is -4.48. The van der Waals surface area contributed by atoms with Gasteiger partial charge in [-0.1, -0.05) is 30.0 Å². The number of nitrogens with one attached hydrogen (secondary N) is 1. The monoisotopic (exact) mass is 451 g/mol. The molecule has 1 N–H and O–H groups in total. The number of hydrogen-bond acceptors (Lipinski definition) is 5. The number of alkyl halides is 3. The number of thioether (sulfide) groups is 1. The number of rotatable bonds is 7. The molecule has 1 fully saturated rings. The van der Waals surface area contributed by atoms with Gasteiger partial charge in [0.1, 0.15) is 11.9 Å². The van der Waals surface area contributed by atoms with E-state index in [0.29, 0.717) is 11.3 Å². The molecule has 1 aliphatic carbocycles. The van der Waals surface area contributed by atoms with Crippen LogP contribution in [0.3, 0.4) is 0 Å². The first-order valence-corrected chi connectivity index (χ1v) is 10.7. The first kappa shape index (κ1) is 21.4. The second kappa shape index (κ2) is 8.37. The fraction of sp³-hybridized carbons (Fsp3) is 0.400. The van der Waals surface area contributed by atoms with Crippen molar-refractivity contribution in [1.82, 2.24) is 24.6 Å². The molecule has 0 bridgehead atoms. The van der Waals surface area contributed by atoms with E-state index in [9.17, 15) is 22.8 Å². The number of nitrogens with zero attached hydrogens (tertiary/aromatic N) is 4. The van der Waals surface area contributed by atoms with Crippen molar-refractivity contribution in [3.63, 3.8) is 0 Å². The third kappa shape index (κ3) is 4.92. The number of aromatic amines is 1. The normalized spacial score (nSPS) is 15.2. The van der Waals surface area contributed by atoms with Gasteiger partial charge >= 0.3 is 6.18 Å². The summed E-state index contributed by atoms with van der Waals surface area (Å²) < 4.78 is 40.5. The molecule has 0 spiro atoms.